The minimum Gasteiger partial charge on any atom is -0.364 e. The van der Waals surface area contributed by atoms with E-state index < -0.39 is 5.91 Å². The lowest BCUT2D eigenvalue weighted by Crippen LogP contribution is -2.15. The molecular formula is C19H15N5OS. The van der Waals surface area contributed by atoms with Gasteiger partial charge in [0, 0.05) is 11.1 Å². The zero-order valence-corrected chi connectivity index (χ0v) is 14.5. The van der Waals surface area contributed by atoms with Crippen LogP contribution in [0.5, 0.6) is 0 Å². The van der Waals surface area contributed by atoms with Crippen LogP contribution in [0, 0.1) is 0 Å². The molecule has 0 saturated heterocycles. The highest BCUT2D eigenvalue weighted by atomic mass is 32.1. The van der Waals surface area contributed by atoms with Crippen LogP contribution in [0.3, 0.4) is 0 Å². The van der Waals surface area contributed by atoms with Crippen molar-refractivity contribution in [1.29, 1.82) is 0 Å². The first kappa shape index (κ1) is 16.0. The number of para-hydroxylation sites is 1. The number of rotatable bonds is 4. The van der Waals surface area contributed by atoms with Gasteiger partial charge in [0.05, 0.1) is 12.0 Å². The second kappa shape index (κ2) is 6.81. The van der Waals surface area contributed by atoms with Crippen LogP contribution in [0.4, 0.5) is 5.82 Å². The summed E-state index contributed by atoms with van der Waals surface area (Å²) in [5, 5.41) is 2.04. The molecule has 2 aromatic heterocycles. The van der Waals surface area contributed by atoms with E-state index in [0.29, 0.717) is 4.80 Å². The van der Waals surface area contributed by atoms with E-state index in [2.05, 4.69) is 27.1 Å². The molecule has 0 aliphatic carbocycles. The number of hydrogen-bond donors (Lipinski definition) is 2. The van der Waals surface area contributed by atoms with Gasteiger partial charge in [-0.25, -0.2) is 4.98 Å². The number of carbonyl (C=O) groups excluding carboxylic acids is 1. The van der Waals surface area contributed by atoms with Gasteiger partial charge in [-0.05, 0) is 17.7 Å². The number of carbonyl (C=O) groups is 1. The number of nitrogens with two attached hydrogens (primary N) is 1. The number of amides is 1. The van der Waals surface area contributed by atoms with Crippen molar-refractivity contribution in [3.8, 4) is 16.9 Å². The van der Waals surface area contributed by atoms with Gasteiger partial charge in [-0.2, -0.15) is 4.99 Å². The Bertz CT molecular complexity index is 1110. The summed E-state index contributed by atoms with van der Waals surface area (Å²) in [6.07, 6.45) is 1.41. The minimum absolute atomic E-state index is 0.194. The summed E-state index contributed by atoms with van der Waals surface area (Å²) in [7, 11) is 0. The monoisotopic (exact) mass is 361 g/mol. The molecule has 2 heterocycles. The van der Waals surface area contributed by atoms with Gasteiger partial charge >= 0.3 is 0 Å². The molecule has 0 radical (unpaired) electrons. The summed E-state index contributed by atoms with van der Waals surface area (Å²) in [5.41, 5.74) is 8.64. The lowest BCUT2D eigenvalue weighted by atomic mass is 10.1. The lowest BCUT2D eigenvalue weighted by molar-refractivity contribution is 0.0997. The van der Waals surface area contributed by atoms with Crippen LogP contribution >= 0.6 is 11.3 Å². The van der Waals surface area contributed by atoms with E-state index in [1.165, 1.54) is 17.7 Å². The largest absolute Gasteiger partial charge is 0.364 e. The van der Waals surface area contributed by atoms with Crippen molar-refractivity contribution in [2.45, 2.75) is 0 Å². The Morgan fingerprint density at radius 2 is 1.77 bits per heavy atom. The number of nitrogens with one attached hydrogen (secondary N) is 1. The number of imidazole rings is 1. The molecule has 0 spiro atoms. The maximum atomic E-state index is 11.5. The summed E-state index contributed by atoms with van der Waals surface area (Å²) in [6.45, 7) is 0. The maximum absolute atomic E-state index is 11.5. The van der Waals surface area contributed by atoms with Crippen LogP contribution < -0.4 is 10.5 Å². The first-order chi connectivity index (χ1) is 12.7. The Morgan fingerprint density at radius 3 is 2.46 bits per heavy atom. The number of aromatic nitrogens is 3. The molecule has 7 heteroatoms. The molecule has 26 heavy (non-hydrogen) atoms. The minimum atomic E-state index is -0.590. The average Bonchev–Trinajstić information content (AvgIpc) is 3.31. The number of thiazole rings is 1. The van der Waals surface area contributed by atoms with E-state index in [9.17, 15) is 4.79 Å². The first-order valence-electron chi connectivity index (χ1n) is 7.93. The van der Waals surface area contributed by atoms with Crippen molar-refractivity contribution in [2.75, 3.05) is 0 Å². The van der Waals surface area contributed by atoms with E-state index in [1.54, 1.807) is 0 Å². The molecule has 0 atom stereocenters. The van der Waals surface area contributed by atoms with Gasteiger partial charge in [0.2, 0.25) is 0 Å². The topological polar surface area (TPSA) is 89.1 Å². The first-order valence-corrected chi connectivity index (χ1v) is 8.81. The lowest BCUT2D eigenvalue weighted by Gasteiger charge is -2.09. The molecule has 4 aromatic rings. The smallest absolute Gasteiger partial charge is 0.269 e. The quantitative estimate of drug-likeness (QED) is 0.584. The van der Waals surface area contributed by atoms with Gasteiger partial charge in [0.25, 0.3) is 5.91 Å². The Morgan fingerprint density at radius 1 is 1.08 bits per heavy atom. The van der Waals surface area contributed by atoms with Crippen LogP contribution in [0.2, 0.25) is 0 Å². The zero-order valence-electron chi connectivity index (χ0n) is 13.7. The summed E-state index contributed by atoms with van der Waals surface area (Å²) in [6, 6.07) is 20.0. The third-order valence-corrected chi connectivity index (χ3v) is 4.69. The van der Waals surface area contributed by atoms with Crippen LogP contribution in [-0.4, -0.2) is 20.4 Å². The number of benzene rings is 2. The molecule has 2 aromatic carbocycles. The van der Waals surface area contributed by atoms with Crippen LogP contribution in [0.25, 0.3) is 16.9 Å². The Balaban J connectivity index is 1.97. The van der Waals surface area contributed by atoms with E-state index >= 15 is 0 Å². The van der Waals surface area contributed by atoms with E-state index in [4.69, 9.17) is 5.73 Å². The molecule has 0 bridgehead atoms. The van der Waals surface area contributed by atoms with Crippen molar-refractivity contribution < 1.29 is 4.79 Å². The third-order valence-electron chi connectivity index (χ3n) is 3.86. The second-order valence-electron chi connectivity index (χ2n) is 5.52. The summed E-state index contributed by atoms with van der Waals surface area (Å²) in [5.74, 6) is -0.309. The Labute approximate surface area is 153 Å². The van der Waals surface area contributed by atoms with E-state index in [1.807, 2.05) is 58.5 Å². The Kier molecular flexibility index (Phi) is 4.20. The molecule has 0 unspecified atom stereocenters. The highest BCUT2D eigenvalue weighted by Crippen LogP contribution is 2.24. The molecule has 1 amide bonds. The molecule has 128 valence electrons. The van der Waals surface area contributed by atoms with Gasteiger partial charge in [0.15, 0.2) is 16.3 Å². The van der Waals surface area contributed by atoms with E-state index in [-0.39, 0.29) is 11.5 Å². The number of primary amides is 1. The third kappa shape index (κ3) is 2.96. The van der Waals surface area contributed by atoms with Crippen molar-refractivity contribution in [1.82, 2.24) is 14.5 Å². The number of nitrogens with zero attached hydrogens (tertiary/aromatic N) is 3. The molecule has 0 aliphatic rings. The Hall–Kier alpha value is -3.45. The predicted molar refractivity (Wildman–Crippen MR) is 101 cm³/mol. The van der Waals surface area contributed by atoms with Crippen LogP contribution in [0.1, 0.15) is 10.5 Å². The fraction of sp³-hybridized carbons (Fsp3) is 0. The molecule has 4 rings (SSSR count). The van der Waals surface area contributed by atoms with Crippen molar-refractivity contribution >= 4 is 23.1 Å². The number of H-pyrrole nitrogens is 1. The molecule has 0 saturated carbocycles. The standard InChI is InChI=1S/C19H15N5OS/c20-17(25)16-18(22-12-21-16)23-19-24(14-9-5-2-6-10-14)15(11-26-19)13-7-3-1-4-8-13/h1-12H,(H2,20,25)(H,21,22). The van der Waals surface area contributed by atoms with Crippen LogP contribution in [0.15, 0.2) is 77.4 Å². The summed E-state index contributed by atoms with van der Waals surface area (Å²) >= 11 is 1.47. The van der Waals surface area contributed by atoms with Gasteiger partial charge < -0.3 is 10.7 Å². The number of aromatic amines is 1. The molecular weight excluding hydrogens is 346 g/mol. The number of hydrogen-bond acceptors (Lipinski definition) is 4. The average molecular weight is 361 g/mol. The highest BCUT2D eigenvalue weighted by Gasteiger charge is 2.13. The molecule has 3 N–H and O–H groups in total. The fourth-order valence-corrected chi connectivity index (χ4v) is 3.58. The van der Waals surface area contributed by atoms with Crippen molar-refractivity contribution in [3.05, 3.63) is 82.9 Å². The molecule has 0 aliphatic heterocycles. The molecule has 0 fully saturated rings. The summed E-state index contributed by atoms with van der Waals surface area (Å²) < 4.78 is 2.04. The van der Waals surface area contributed by atoms with Crippen molar-refractivity contribution in [2.24, 2.45) is 10.7 Å². The van der Waals surface area contributed by atoms with Gasteiger partial charge in [0.1, 0.15) is 0 Å². The highest BCUT2D eigenvalue weighted by molar-refractivity contribution is 7.07. The summed E-state index contributed by atoms with van der Waals surface area (Å²) in [4.78, 5) is 23.7. The molecule has 6 nitrogen and oxygen atoms in total. The SMILES string of the molecule is NC(=O)c1[nH]cnc1N=c1scc(-c2ccccc2)n1-c1ccccc1. The zero-order chi connectivity index (χ0) is 17.9. The second-order valence-corrected chi connectivity index (χ2v) is 6.35. The van der Waals surface area contributed by atoms with Crippen molar-refractivity contribution in [3.63, 3.8) is 0 Å². The maximum Gasteiger partial charge on any atom is 0.269 e. The van der Waals surface area contributed by atoms with E-state index in [0.717, 1.165) is 16.9 Å². The normalized spacial score (nSPS) is 11.6. The predicted octanol–water partition coefficient (Wildman–Crippen LogP) is 3.26. The van der Waals surface area contributed by atoms with Gasteiger partial charge in [-0.15, -0.1) is 11.3 Å². The van der Waals surface area contributed by atoms with Gasteiger partial charge in [-0.1, -0.05) is 48.5 Å². The fourth-order valence-electron chi connectivity index (χ4n) is 2.67. The van der Waals surface area contributed by atoms with Crippen LogP contribution in [-0.2, 0) is 0 Å². The van der Waals surface area contributed by atoms with Gasteiger partial charge in [-0.3, -0.25) is 9.36 Å².